The van der Waals surface area contributed by atoms with Crippen LogP contribution in [0, 0.1) is 6.92 Å². The second-order valence-corrected chi connectivity index (χ2v) is 3.29. The lowest BCUT2D eigenvalue weighted by molar-refractivity contribution is 0.101. The maximum atomic E-state index is 10.9. The summed E-state index contributed by atoms with van der Waals surface area (Å²) in [4.78, 5) is 10.9. The Balaban J connectivity index is 3.31. The van der Waals surface area contributed by atoms with Gasteiger partial charge in [0.2, 0.25) is 0 Å². The summed E-state index contributed by atoms with van der Waals surface area (Å²) in [6.07, 6.45) is 0. The van der Waals surface area contributed by atoms with Crippen LogP contribution in [0.4, 0.5) is 0 Å². The van der Waals surface area contributed by atoms with Gasteiger partial charge in [-0.3, -0.25) is 4.79 Å². The van der Waals surface area contributed by atoms with Gasteiger partial charge in [-0.25, -0.2) is 0 Å². The standard InChI is InChI=1S/C9H7Cl2O/c1-5-8(10)3-7(6(2)12)4-9(5)11/h3-4H,1H2,2H3. The number of halogens is 2. The van der Waals surface area contributed by atoms with Gasteiger partial charge in [0.1, 0.15) is 0 Å². The Morgan fingerprint density at radius 3 is 2.08 bits per heavy atom. The van der Waals surface area contributed by atoms with E-state index in [1.807, 2.05) is 0 Å². The highest BCUT2D eigenvalue weighted by Crippen LogP contribution is 2.25. The lowest BCUT2D eigenvalue weighted by Gasteiger charge is -2.02. The van der Waals surface area contributed by atoms with Crippen LogP contribution in [-0.4, -0.2) is 5.78 Å². The smallest absolute Gasteiger partial charge is 0.159 e. The van der Waals surface area contributed by atoms with E-state index in [-0.39, 0.29) is 5.78 Å². The Morgan fingerprint density at radius 2 is 1.75 bits per heavy atom. The molecular weight excluding hydrogens is 195 g/mol. The second kappa shape index (κ2) is 3.46. The molecule has 0 amide bonds. The molecule has 0 unspecified atom stereocenters. The van der Waals surface area contributed by atoms with Gasteiger partial charge in [0.05, 0.1) is 0 Å². The van der Waals surface area contributed by atoms with E-state index in [4.69, 9.17) is 23.2 Å². The lowest BCUT2D eigenvalue weighted by Crippen LogP contribution is -1.92. The first-order valence-corrected chi connectivity index (χ1v) is 4.10. The first-order chi connectivity index (χ1) is 5.52. The molecule has 0 bridgehead atoms. The van der Waals surface area contributed by atoms with E-state index in [0.29, 0.717) is 21.2 Å². The van der Waals surface area contributed by atoms with Crippen molar-refractivity contribution in [1.82, 2.24) is 0 Å². The molecule has 0 aliphatic carbocycles. The quantitative estimate of drug-likeness (QED) is 0.638. The van der Waals surface area contributed by atoms with Crippen LogP contribution in [0.3, 0.4) is 0 Å². The molecule has 1 rings (SSSR count). The average Bonchev–Trinajstić information content (AvgIpc) is 1.99. The number of ketones is 1. The molecule has 0 aliphatic heterocycles. The highest BCUT2D eigenvalue weighted by molar-refractivity contribution is 6.36. The van der Waals surface area contributed by atoms with Gasteiger partial charge in [-0.2, -0.15) is 0 Å². The fraction of sp³-hybridized carbons (Fsp3) is 0.111. The molecule has 0 spiro atoms. The number of hydrogen-bond acceptors (Lipinski definition) is 1. The van der Waals surface area contributed by atoms with Crippen molar-refractivity contribution in [3.63, 3.8) is 0 Å². The van der Waals surface area contributed by atoms with Crippen LogP contribution in [0.5, 0.6) is 0 Å². The molecule has 1 aromatic rings. The van der Waals surface area contributed by atoms with E-state index in [1.54, 1.807) is 12.1 Å². The monoisotopic (exact) mass is 201 g/mol. The van der Waals surface area contributed by atoms with Crippen LogP contribution in [0.2, 0.25) is 10.0 Å². The van der Waals surface area contributed by atoms with Gasteiger partial charge in [-0.1, -0.05) is 23.2 Å². The Morgan fingerprint density at radius 1 is 1.33 bits per heavy atom. The predicted octanol–water partition coefficient (Wildman–Crippen LogP) is 3.38. The summed E-state index contributed by atoms with van der Waals surface area (Å²) in [6.45, 7) is 5.11. The Kier molecular flexibility index (Phi) is 2.76. The fourth-order valence-corrected chi connectivity index (χ4v) is 1.29. The van der Waals surface area contributed by atoms with Crippen molar-refractivity contribution in [2.24, 2.45) is 0 Å². The van der Waals surface area contributed by atoms with E-state index in [1.165, 1.54) is 6.92 Å². The zero-order chi connectivity index (χ0) is 9.30. The molecule has 12 heavy (non-hydrogen) atoms. The lowest BCUT2D eigenvalue weighted by atomic mass is 10.1. The van der Waals surface area contributed by atoms with Crippen LogP contribution >= 0.6 is 23.2 Å². The molecule has 0 saturated carbocycles. The summed E-state index contributed by atoms with van der Waals surface area (Å²) in [7, 11) is 0. The van der Waals surface area contributed by atoms with Gasteiger partial charge in [0.15, 0.2) is 5.78 Å². The van der Waals surface area contributed by atoms with Gasteiger partial charge in [-0.15, -0.1) is 0 Å². The van der Waals surface area contributed by atoms with Crippen molar-refractivity contribution in [3.05, 3.63) is 40.2 Å². The molecule has 1 aromatic carbocycles. The van der Waals surface area contributed by atoms with Crippen molar-refractivity contribution in [1.29, 1.82) is 0 Å². The van der Waals surface area contributed by atoms with Crippen molar-refractivity contribution >= 4 is 29.0 Å². The van der Waals surface area contributed by atoms with Crippen LogP contribution in [0.25, 0.3) is 0 Å². The van der Waals surface area contributed by atoms with Crippen LogP contribution in [0.1, 0.15) is 22.8 Å². The van der Waals surface area contributed by atoms with Crippen molar-refractivity contribution in [2.45, 2.75) is 6.92 Å². The minimum Gasteiger partial charge on any atom is -0.295 e. The first-order valence-electron chi connectivity index (χ1n) is 3.34. The highest BCUT2D eigenvalue weighted by Gasteiger charge is 2.06. The summed E-state index contributed by atoms with van der Waals surface area (Å²) in [5.74, 6) is -0.0567. The van der Waals surface area contributed by atoms with Crippen molar-refractivity contribution in [3.8, 4) is 0 Å². The van der Waals surface area contributed by atoms with Gasteiger partial charge in [0.25, 0.3) is 0 Å². The van der Waals surface area contributed by atoms with E-state index in [9.17, 15) is 4.79 Å². The van der Waals surface area contributed by atoms with Gasteiger partial charge >= 0.3 is 0 Å². The van der Waals surface area contributed by atoms with E-state index in [0.717, 1.165) is 0 Å². The first kappa shape index (κ1) is 9.56. The zero-order valence-corrected chi connectivity index (χ0v) is 8.04. The third-order valence-electron chi connectivity index (χ3n) is 1.55. The van der Waals surface area contributed by atoms with Crippen molar-refractivity contribution in [2.75, 3.05) is 0 Å². The minimum absolute atomic E-state index is 0.0567. The molecule has 63 valence electrons. The van der Waals surface area contributed by atoms with Gasteiger partial charge in [-0.05, 0) is 31.5 Å². The molecule has 0 atom stereocenters. The summed E-state index contributed by atoms with van der Waals surface area (Å²) in [6, 6.07) is 3.14. The normalized spacial score (nSPS) is 10.0. The molecule has 0 heterocycles. The molecule has 0 fully saturated rings. The Bertz CT molecular complexity index is 308. The van der Waals surface area contributed by atoms with Crippen LogP contribution < -0.4 is 0 Å². The SMILES string of the molecule is [CH2]c1c(Cl)cc(C(C)=O)cc1Cl. The number of Topliss-reactive ketones (excluding diaryl/α,β-unsaturated/α-hetero) is 1. The van der Waals surface area contributed by atoms with Gasteiger partial charge in [0, 0.05) is 15.6 Å². The van der Waals surface area contributed by atoms with E-state index in [2.05, 4.69) is 6.92 Å². The average molecular weight is 202 g/mol. The Labute approximate surface area is 81.3 Å². The Hall–Kier alpha value is -0.530. The molecule has 0 aromatic heterocycles. The molecule has 3 heteroatoms. The summed E-state index contributed by atoms with van der Waals surface area (Å²) < 4.78 is 0. The third-order valence-corrected chi connectivity index (χ3v) is 2.22. The summed E-state index contributed by atoms with van der Waals surface area (Å²) in [5, 5.41) is 0.848. The topological polar surface area (TPSA) is 17.1 Å². The molecule has 0 N–H and O–H groups in total. The van der Waals surface area contributed by atoms with Crippen molar-refractivity contribution < 1.29 is 4.79 Å². The third kappa shape index (κ3) is 1.79. The number of benzene rings is 1. The number of rotatable bonds is 1. The van der Waals surface area contributed by atoms with Gasteiger partial charge < -0.3 is 0 Å². The summed E-state index contributed by atoms with van der Waals surface area (Å²) >= 11 is 11.5. The largest absolute Gasteiger partial charge is 0.295 e. The fourth-order valence-electron chi connectivity index (χ4n) is 0.806. The molecule has 1 radical (unpaired) electrons. The van der Waals surface area contributed by atoms with Crippen LogP contribution in [0.15, 0.2) is 12.1 Å². The maximum absolute atomic E-state index is 10.9. The number of carbonyl (C=O) groups is 1. The van der Waals surface area contributed by atoms with Crippen LogP contribution in [-0.2, 0) is 0 Å². The van der Waals surface area contributed by atoms with E-state index >= 15 is 0 Å². The number of hydrogen-bond donors (Lipinski definition) is 0. The molecular formula is C9H7Cl2O. The minimum atomic E-state index is -0.0567. The molecule has 0 saturated heterocycles. The zero-order valence-electron chi connectivity index (χ0n) is 6.53. The highest BCUT2D eigenvalue weighted by atomic mass is 35.5. The van der Waals surface area contributed by atoms with E-state index < -0.39 is 0 Å². The summed E-state index contributed by atoms with van der Waals surface area (Å²) in [5.41, 5.74) is 1.07. The molecule has 0 aliphatic rings. The molecule has 1 nitrogen and oxygen atoms in total. The second-order valence-electron chi connectivity index (χ2n) is 2.47. The number of carbonyl (C=O) groups excluding carboxylic acids is 1. The maximum Gasteiger partial charge on any atom is 0.159 e. The predicted molar refractivity (Wildman–Crippen MR) is 50.9 cm³/mol.